The molecule has 1 amide bonds. The third kappa shape index (κ3) is 6.05. The van der Waals surface area contributed by atoms with Gasteiger partial charge >= 0.3 is 0 Å². The first kappa shape index (κ1) is 22.8. The summed E-state index contributed by atoms with van der Waals surface area (Å²) in [6.45, 7) is 8.77. The molecule has 0 unspecified atom stereocenters. The van der Waals surface area contributed by atoms with Gasteiger partial charge in [0.2, 0.25) is 0 Å². The number of hydrogen-bond donors (Lipinski definition) is 1. The second-order valence-electron chi connectivity index (χ2n) is 8.59. The van der Waals surface area contributed by atoms with Gasteiger partial charge in [0.25, 0.3) is 5.91 Å². The summed E-state index contributed by atoms with van der Waals surface area (Å²) in [6.07, 6.45) is 0. The van der Waals surface area contributed by atoms with Gasteiger partial charge in [0, 0.05) is 5.56 Å². The number of hydrogen-bond acceptors (Lipinski definition) is 4. The fourth-order valence-electron chi connectivity index (χ4n) is 3.02. The molecule has 0 heterocycles. The van der Waals surface area contributed by atoms with Crippen molar-refractivity contribution in [2.75, 3.05) is 0 Å². The lowest BCUT2D eigenvalue weighted by molar-refractivity contribution is 0.0954. The van der Waals surface area contributed by atoms with Crippen molar-refractivity contribution in [3.8, 4) is 11.8 Å². The standard InChI is InChI=1S/C27H27N3O2/c1-19(22-9-5-20(17-28)6-10-22)29-30-26(31)23-11-7-21(8-12-23)18-32-25-15-13-24(14-16-25)27(2,3)4/h5-16H,18H2,1-4H3,(H,30,31)/b29-19-. The first-order valence-electron chi connectivity index (χ1n) is 10.4. The molecule has 0 aliphatic heterocycles. The van der Waals surface area contributed by atoms with E-state index in [1.54, 1.807) is 43.3 Å². The topological polar surface area (TPSA) is 74.5 Å². The molecule has 5 nitrogen and oxygen atoms in total. The summed E-state index contributed by atoms with van der Waals surface area (Å²) in [4.78, 5) is 12.4. The Morgan fingerprint density at radius 3 is 2.09 bits per heavy atom. The minimum atomic E-state index is -0.289. The van der Waals surface area contributed by atoms with Gasteiger partial charge in [0.05, 0.1) is 17.3 Å². The summed E-state index contributed by atoms with van der Waals surface area (Å²) in [6, 6.07) is 24.5. The minimum Gasteiger partial charge on any atom is -0.489 e. The molecule has 1 N–H and O–H groups in total. The molecule has 0 fully saturated rings. The lowest BCUT2D eigenvalue weighted by Gasteiger charge is -2.19. The molecule has 0 aromatic heterocycles. The van der Waals surface area contributed by atoms with Crippen molar-refractivity contribution in [1.29, 1.82) is 5.26 Å². The van der Waals surface area contributed by atoms with E-state index in [0.717, 1.165) is 16.9 Å². The molecular formula is C27H27N3O2. The molecule has 3 aromatic carbocycles. The van der Waals surface area contributed by atoms with E-state index in [1.165, 1.54) is 5.56 Å². The Kier molecular flexibility index (Phi) is 7.07. The third-order valence-electron chi connectivity index (χ3n) is 5.10. The number of hydrazone groups is 1. The number of carbonyl (C=O) groups is 1. The molecule has 3 aromatic rings. The van der Waals surface area contributed by atoms with Crippen molar-refractivity contribution < 1.29 is 9.53 Å². The highest BCUT2D eigenvalue weighted by atomic mass is 16.5. The Morgan fingerprint density at radius 1 is 0.938 bits per heavy atom. The third-order valence-corrected chi connectivity index (χ3v) is 5.10. The second kappa shape index (κ2) is 9.93. The van der Waals surface area contributed by atoms with Gasteiger partial charge in [0.1, 0.15) is 12.4 Å². The molecule has 0 bridgehead atoms. The zero-order chi connectivity index (χ0) is 23.1. The van der Waals surface area contributed by atoms with Gasteiger partial charge in [-0.2, -0.15) is 10.4 Å². The number of rotatable bonds is 6. The van der Waals surface area contributed by atoms with Gasteiger partial charge in [-0.3, -0.25) is 4.79 Å². The number of benzene rings is 3. The van der Waals surface area contributed by atoms with E-state index >= 15 is 0 Å². The Bertz CT molecular complexity index is 1130. The molecule has 0 saturated heterocycles. The van der Waals surface area contributed by atoms with E-state index in [1.807, 2.05) is 24.3 Å². The van der Waals surface area contributed by atoms with Crippen molar-refractivity contribution in [2.45, 2.75) is 39.7 Å². The van der Waals surface area contributed by atoms with Crippen molar-refractivity contribution in [1.82, 2.24) is 5.43 Å². The highest BCUT2D eigenvalue weighted by Gasteiger charge is 2.13. The first-order chi connectivity index (χ1) is 15.3. The molecule has 162 valence electrons. The molecule has 0 spiro atoms. The van der Waals surface area contributed by atoms with Crippen molar-refractivity contribution in [3.05, 3.63) is 101 Å². The maximum Gasteiger partial charge on any atom is 0.271 e. The SMILES string of the molecule is C/C(=N/NC(=O)c1ccc(COc2ccc(C(C)(C)C)cc2)cc1)c1ccc(C#N)cc1. The Hall–Kier alpha value is -3.91. The van der Waals surface area contributed by atoms with Crippen molar-refractivity contribution >= 4 is 11.6 Å². The van der Waals surface area contributed by atoms with Crippen LogP contribution in [0, 0.1) is 11.3 Å². The van der Waals surface area contributed by atoms with Crippen LogP contribution in [0.4, 0.5) is 0 Å². The van der Waals surface area contributed by atoms with Crippen LogP contribution in [0.2, 0.25) is 0 Å². The van der Waals surface area contributed by atoms with Crippen LogP contribution in [-0.4, -0.2) is 11.6 Å². The van der Waals surface area contributed by atoms with Crippen LogP contribution in [-0.2, 0) is 12.0 Å². The van der Waals surface area contributed by atoms with Gasteiger partial charge in [-0.15, -0.1) is 0 Å². The van der Waals surface area contributed by atoms with E-state index < -0.39 is 0 Å². The van der Waals surface area contributed by atoms with Crippen LogP contribution in [0.1, 0.15) is 60.3 Å². The molecule has 0 aliphatic carbocycles. The second-order valence-corrected chi connectivity index (χ2v) is 8.59. The zero-order valence-corrected chi connectivity index (χ0v) is 18.8. The maximum atomic E-state index is 12.4. The number of nitrogens with zero attached hydrogens (tertiary/aromatic N) is 2. The van der Waals surface area contributed by atoms with Crippen LogP contribution >= 0.6 is 0 Å². The van der Waals surface area contributed by atoms with Gasteiger partial charge in [0.15, 0.2) is 0 Å². The monoisotopic (exact) mass is 425 g/mol. The summed E-state index contributed by atoms with van der Waals surface area (Å²) >= 11 is 0. The largest absolute Gasteiger partial charge is 0.489 e. The Labute approximate surface area is 189 Å². The van der Waals surface area contributed by atoms with Crippen LogP contribution in [0.25, 0.3) is 0 Å². The summed E-state index contributed by atoms with van der Waals surface area (Å²) < 4.78 is 5.86. The normalized spacial score (nSPS) is 11.5. The van der Waals surface area contributed by atoms with Crippen molar-refractivity contribution in [2.24, 2.45) is 5.10 Å². The maximum absolute atomic E-state index is 12.4. The smallest absolute Gasteiger partial charge is 0.271 e. The lowest BCUT2D eigenvalue weighted by Crippen LogP contribution is -2.19. The highest BCUT2D eigenvalue weighted by Crippen LogP contribution is 2.24. The number of ether oxygens (including phenoxy) is 1. The van der Waals surface area contributed by atoms with Gasteiger partial charge in [-0.1, -0.05) is 57.2 Å². The highest BCUT2D eigenvalue weighted by molar-refractivity contribution is 6.00. The molecule has 0 aliphatic rings. The predicted molar refractivity (Wildman–Crippen MR) is 127 cm³/mol. The Balaban J connectivity index is 1.55. The van der Waals surface area contributed by atoms with Crippen LogP contribution in [0.15, 0.2) is 77.9 Å². The summed E-state index contributed by atoms with van der Waals surface area (Å²) in [5.74, 6) is 0.524. The van der Waals surface area contributed by atoms with E-state index in [9.17, 15) is 4.79 Å². The molecule has 0 saturated carbocycles. The van der Waals surface area contributed by atoms with E-state index in [-0.39, 0.29) is 11.3 Å². The van der Waals surface area contributed by atoms with Gasteiger partial charge < -0.3 is 4.74 Å². The van der Waals surface area contributed by atoms with Crippen LogP contribution in [0.3, 0.4) is 0 Å². The molecule has 5 heteroatoms. The minimum absolute atomic E-state index is 0.111. The van der Waals surface area contributed by atoms with E-state index in [4.69, 9.17) is 10.00 Å². The zero-order valence-electron chi connectivity index (χ0n) is 18.8. The number of nitriles is 1. The van der Waals surface area contributed by atoms with Crippen LogP contribution in [0.5, 0.6) is 5.75 Å². The average molecular weight is 426 g/mol. The first-order valence-corrected chi connectivity index (χ1v) is 10.4. The van der Waals surface area contributed by atoms with Crippen LogP contribution < -0.4 is 10.2 Å². The fourth-order valence-corrected chi connectivity index (χ4v) is 3.02. The van der Waals surface area contributed by atoms with E-state index in [2.05, 4.69) is 49.5 Å². The number of amides is 1. The summed E-state index contributed by atoms with van der Waals surface area (Å²) in [5, 5.41) is 13.0. The quantitative estimate of drug-likeness (QED) is 0.413. The Morgan fingerprint density at radius 2 is 1.53 bits per heavy atom. The van der Waals surface area contributed by atoms with Gasteiger partial charge in [-0.25, -0.2) is 5.43 Å². The molecule has 32 heavy (non-hydrogen) atoms. The number of carbonyl (C=O) groups excluding carboxylic acids is 1. The molecule has 0 atom stereocenters. The molecule has 3 rings (SSSR count). The van der Waals surface area contributed by atoms with Crippen molar-refractivity contribution in [3.63, 3.8) is 0 Å². The molecule has 0 radical (unpaired) electrons. The lowest BCUT2D eigenvalue weighted by atomic mass is 9.87. The van der Waals surface area contributed by atoms with E-state index in [0.29, 0.717) is 23.4 Å². The average Bonchev–Trinajstić information content (AvgIpc) is 2.81. The van der Waals surface area contributed by atoms with Gasteiger partial charge in [-0.05, 0) is 65.4 Å². The number of nitrogens with one attached hydrogen (secondary N) is 1. The summed E-state index contributed by atoms with van der Waals surface area (Å²) in [7, 11) is 0. The molecular weight excluding hydrogens is 398 g/mol. The summed E-state index contributed by atoms with van der Waals surface area (Å²) in [5.41, 5.74) is 7.51. The fraction of sp³-hybridized carbons (Fsp3) is 0.222. The predicted octanol–water partition coefficient (Wildman–Crippen LogP) is 5.59.